The highest BCUT2D eigenvalue weighted by Gasteiger charge is 2.29. The van der Waals surface area contributed by atoms with Crippen LogP contribution in [-0.4, -0.2) is 51.9 Å². The Morgan fingerprint density at radius 2 is 1.95 bits per heavy atom. The molecule has 1 aromatic rings. The highest BCUT2D eigenvalue weighted by molar-refractivity contribution is 5.88. The second kappa shape index (κ2) is 7.39. The van der Waals surface area contributed by atoms with Crippen molar-refractivity contribution in [3.63, 3.8) is 0 Å². The minimum absolute atomic E-state index is 0.219. The summed E-state index contributed by atoms with van der Waals surface area (Å²) in [5.41, 5.74) is -0.528. The number of aliphatic carboxylic acids is 1. The van der Waals surface area contributed by atoms with E-state index in [1.54, 1.807) is 26.8 Å². The number of carbonyl (C=O) groups is 3. The zero-order valence-electron chi connectivity index (χ0n) is 12.6. The first-order valence-corrected chi connectivity index (χ1v) is 6.45. The lowest BCUT2D eigenvalue weighted by Crippen LogP contribution is -2.48. The molecule has 0 atom stereocenters. The average Bonchev–Trinajstić information content (AvgIpc) is 2.44. The number of hydrogen-bond acceptors (Lipinski definition) is 6. The van der Waals surface area contributed by atoms with Crippen LogP contribution in [-0.2, 0) is 14.3 Å². The molecule has 0 saturated carbocycles. The molecule has 0 aromatic carbocycles. The van der Waals surface area contributed by atoms with Crippen molar-refractivity contribution in [1.29, 1.82) is 0 Å². The van der Waals surface area contributed by atoms with Gasteiger partial charge in [0.25, 0.3) is 0 Å². The number of amides is 1. The van der Waals surface area contributed by atoms with Crippen molar-refractivity contribution in [2.45, 2.75) is 26.3 Å². The van der Waals surface area contributed by atoms with Gasteiger partial charge in [0.15, 0.2) is 0 Å². The van der Waals surface area contributed by atoms with Crippen molar-refractivity contribution in [2.24, 2.45) is 0 Å². The summed E-state index contributed by atoms with van der Waals surface area (Å²) in [4.78, 5) is 39.1. The van der Waals surface area contributed by atoms with Gasteiger partial charge in [0.05, 0.1) is 5.56 Å². The monoisotopic (exact) mass is 310 g/mol. The van der Waals surface area contributed by atoms with E-state index in [2.05, 4.69) is 4.98 Å². The SMILES string of the molecule is CC(C)(C)N(CC(=O)O)C(=O)OCOC(=O)c1cccnc1. The molecular weight excluding hydrogens is 292 g/mol. The molecule has 0 unspecified atom stereocenters. The average molecular weight is 310 g/mol. The molecule has 1 heterocycles. The van der Waals surface area contributed by atoms with Gasteiger partial charge in [-0.2, -0.15) is 0 Å². The third kappa shape index (κ3) is 5.39. The fraction of sp³-hybridized carbons (Fsp3) is 0.429. The van der Waals surface area contributed by atoms with Crippen LogP contribution in [0, 0.1) is 0 Å². The van der Waals surface area contributed by atoms with Crippen molar-refractivity contribution >= 4 is 18.0 Å². The van der Waals surface area contributed by atoms with Crippen LogP contribution in [0.15, 0.2) is 24.5 Å². The largest absolute Gasteiger partial charge is 0.480 e. The molecule has 0 saturated heterocycles. The summed E-state index contributed by atoms with van der Waals surface area (Å²) < 4.78 is 9.55. The quantitative estimate of drug-likeness (QED) is 0.649. The third-order valence-electron chi connectivity index (χ3n) is 2.59. The minimum atomic E-state index is -1.17. The number of rotatable bonds is 5. The molecule has 1 rings (SSSR count). The van der Waals surface area contributed by atoms with Gasteiger partial charge >= 0.3 is 18.0 Å². The van der Waals surface area contributed by atoms with Crippen LogP contribution in [0.25, 0.3) is 0 Å². The topological polar surface area (TPSA) is 106 Å². The predicted molar refractivity (Wildman–Crippen MR) is 75.1 cm³/mol. The summed E-state index contributed by atoms with van der Waals surface area (Å²) in [6, 6.07) is 3.07. The van der Waals surface area contributed by atoms with Crippen LogP contribution in [0.3, 0.4) is 0 Å². The van der Waals surface area contributed by atoms with E-state index in [9.17, 15) is 14.4 Å². The van der Waals surface area contributed by atoms with E-state index in [0.29, 0.717) is 0 Å². The predicted octanol–water partition coefficient (Wildman–Crippen LogP) is 1.52. The Kier molecular flexibility index (Phi) is 5.85. The lowest BCUT2D eigenvalue weighted by Gasteiger charge is -2.33. The second-order valence-corrected chi connectivity index (χ2v) is 5.35. The zero-order valence-corrected chi connectivity index (χ0v) is 12.6. The summed E-state index contributed by atoms with van der Waals surface area (Å²) >= 11 is 0. The fourth-order valence-electron chi connectivity index (χ4n) is 1.49. The number of carboxylic acids is 1. The van der Waals surface area contributed by atoms with E-state index in [-0.39, 0.29) is 5.56 Å². The molecule has 120 valence electrons. The molecule has 0 bridgehead atoms. The van der Waals surface area contributed by atoms with Crippen LogP contribution in [0.5, 0.6) is 0 Å². The standard InChI is InChI=1S/C14H18N2O6/c1-14(2,3)16(8-11(17)18)13(20)22-9-21-12(19)10-5-4-6-15-7-10/h4-7H,8-9H2,1-3H3,(H,17,18). The van der Waals surface area contributed by atoms with Gasteiger partial charge in [-0.05, 0) is 32.9 Å². The van der Waals surface area contributed by atoms with E-state index in [0.717, 1.165) is 4.90 Å². The Morgan fingerprint density at radius 3 is 2.45 bits per heavy atom. The number of pyridine rings is 1. The molecule has 22 heavy (non-hydrogen) atoms. The molecule has 8 nitrogen and oxygen atoms in total. The number of esters is 1. The first-order chi connectivity index (χ1) is 10.2. The van der Waals surface area contributed by atoms with Crippen LogP contribution in [0.4, 0.5) is 4.79 Å². The van der Waals surface area contributed by atoms with Gasteiger partial charge in [-0.3, -0.25) is 14.7 Å². The number of carbonyl (C=O) groups excluding carboxylic acids is 2. The van der Waals surface area contributed by atoms with Crippen molar-refractivity contribution in [3.05, 3.63) is 30.1 Å². The Bertz CT molecular complexity index is 538. The van der Waals surface area contributed by atoms with Crippen LogP contribution < -0.4 is 0 Å². The van der Waals surface area contributed by atoms with E-state index < -0.39 is 36.9 Å². The molecule has 1 N–H and O–H groups in total. The zero-order chi connectivity index (χ0) is 16.8. The van der Waals surface area contributed by atoms with Gasteiger partial charge in [-0.1, -0.05) is 0 Å². The lowest BCUT2D eigenvalue weighted by molar-refractivity contribution is -0.139. The Morgan fingerprint density at radius 1 is 1.27 bits per heavy atom. The lowest BCUT2D eigenvalue weighted by atomic mass is 10.1. The van der Waals surface area contributed by atoms with Crippen LogP contribution in [0.1, 0.15) is 31.1 Å². The summed E-state index contributed by atoms with van der Waals surface area (Å²) in [6.45, 7) is 3.87. The van der Waals surface area contributed by atoms with Crippen molar-refractivity contribution in [2.75, 3.05) is 13.3 Å². The van der Waals surface area contributed by atoms with E-state index in [1.807, 2.05) is 0 Å². The van der Waals surface area contributed by atoms with Crippen molar-refractivity contribution in [1.82, 2.24) is 9.88 Å². The molecule has 0 radical (unpaired) electrons. The molecule has 0 aliphatic rings. The Balaban J connectivity index is 2.53. The molecule has 0 aliphatic heterocycles. The molecule has 1 amide bonds. The summed E-state index contributed by atoms with van der Waals surface area (Å²) in [7, 11) is 0. The number of aromatic nitrogens is 1. The molecule has 0 aliphatic carbocycles. The maximum atomic E-state index is 11.9. The maximum Gasteiger partial charge on any atom is 0.413 e. The maximum absolute atomic E-state index is 11.9. The van der Waals surface area contributed by atoms with E-state index in [1.165, 1.54) is 18.5 Å². The van der Waals surface area contributed by atoms with Gasteiger partial charge in [-0.25, -0.2) is 9.59 Å². The van der Waals surface area contributed by atoms with Gasteiger partial charge < -0.3 is 14.6 Å². The Labute approximate surface area is 127 Å². The van der Waals surface area contributed by atoms with E-state index >= 15 is 0 Å². The number of nitrogens with zero attached hydrogens (tertiary/aromatic N) is 2. The molecule has 0 spiro atoms. The van der Waals surface area contributed by atoms with Gasteiger partial charge in [0, 0.05) is 17.9 Å². The number of carboxylic acid groups (broad SMARTS) is 1. The van der Waals surface area contributed by atoms with Crippen LogP contribution in [0.2, 0.25) is 0 Å². The molecule has 0 fully saturated rings. The van der Waals surface area contributed by atoms with Crippen LogP contribution >= 0.6 is 0 Å². The molecular formula is C14H18N2O6. The van der Waals surface area contributed by atoms with Gasteiger partial charge in [-0.15, -0.1) is 0 Å². The summed E-state index contributed by atoms with van der Waals surface area (Å²) in [6.07, 6.45) is 1.94. The van der Waals surface area contributed by atoms with E-state index in [4.69, 9.17) is 14.6 Å². The summed E-state index contributed by atoms with van der Waals surface area (Å²) in [5, 5.41) is 8.82. The molecule has 8 heteroatoms. The third-order valence-corrected chi connectivity index (χ3v) is 2.59. The number of hydrogen-bond donors (Lipinski definition) is 1. The normalized spacial score (nSPS) is 10.7. The fourth-order valence-corrected chi connectivity index (χ4v) is 1.49. The van der Waals surface area contributed by atoms with Crippen molar-refractivity contribution < 1.29 is 29.0 Å². The number of ether oxygens (including phenoxy) is 2. The minimum Gasteiger partial charge on any atom is -0.480 e. The highest BCUT2D eigenvalue weighted by atomic mass is 16.7. The molecule has 1 aromatic heterocycles. The Hall–Kier alpha value is -2.64. The second-order valence-electron chi connectivity index (χ2n) is 5.35. The van der Waals surface area contributed by atoms with Gasteiger partial charge in [0.2, 0.25) is 6.79 Å². The summed E-state index contributed by atoms with van der Waals surface area (Å²) in [5.74, 6) is -1.86. The first-order valence-electron chi connectivity index (χ1n) is 6.45. The van der Waals surface area contributed by atoms with Crippen molar-refractivity contribution in [3.8, 4) is 0 Å². The smallest absolute Gasteiger partial charge is 0.413 e. The first kappa shape index (κ1) is 17.4. The highest BCUT2D eigenvalue weighted by Crippen LogP contribution is 2.14. The van der Waals surface area contributed by atoms with Gasteiger partial charge in [0.1, 0.15) is 6.54 Å².